The second-order valence-corrected chi connectivity index (χ2v) is 10.9. The highest BCUT2D eigenvalue weighted by Crippen LogP contribution is 2.46. The predicted octanol–water partition coefficient (Wildman–Crippen LogP) is 2.82. The number of aliphatic imine (C=N–C) groups is 1. The lowest BCUT2D eigenvalue weighted by Crippen LogP contribution is -2.55. The maximum absolute atomic E-state index is 15.6. The fourth-order valence-electron chi connectivity index (χ4n) is 5.54. The third kappa shape index (κ3) is 3.83. The van der Waals surface area contributed by atoms with E-state index in [9.17, 15) is 9.59 Å². The van der Waals surface area contributed by atoms with Crippen LogP contribution in [-0.4, -0.2) is 74.1 Å². The Morgan fingerprint density at radius 2 is 1.86 bits per heavy atom. The molecule has 2 amide bonds. The van der Waals surface area contributed by atoms with Gasteiger partial charge in [-0.3, -0.25) is 24.2 Å². The van der Waals surface area contributed by atoms with E-state index in [0.717, 1.165) is 34.9 Å². The number of rotatable bonds is 7. The van der Waals surface area contributed by atoms with Gasteiger partial charge in [-0.15, -0.1) is 0 Å². The maximum Gasteiger partial charge on any atom is 0.256 e. The molecule has 1 N–H and O–H groups in total. The first-order valence-electron chi connectivity index (χ1n) is 13.0. The van der Waals surface area contributed by atoms with Crippen LogP contribution in [0.15, 0.2) is 47.6 Å². The molecule has 9 heteroatoms. The zero-order valence-corrected chi connectivity index (χ0v) is 20.4. The van der Waals surface area contributed by atoms with Crippen LogP contribution < -0.4 is 0 Å². The van der Waals surface area contributed by atoms with E-state index < -0.39 is 11.4 Å². The number of carbonyl (C=O) groups is 2. The number of halogens is 1. The Balaban J connectivity index is 1.13. The van der Waals surface area contributed by atoms with Gasteiger partial charge in [0.1, 0.15) is 17.2 Å². The Hall–Kier alpha value is -3.59. The lowest BCUT2D eigenvalue weighted by Gasteiger charge is -2.41. The summed E-state index contributed by atoms with van der Waals surface area (Å²) in [5, 5.41) is 14.5. The van der Waals surface area contributed by atoms with Crippen molar-refractivity contribution in [2.75, 3.05) is 26.2 Å². The minimum atomic E-state index is -0.715. The second kappa shape index (κ2) is 8.21. The number of hydrogen-bond acceptors (Lipinski definition) is 5. The lowest BCUT2D eigenvalue weighted by atomic mass is 9.97. The SMILES string of the molecule is O=C(C1CC1)N1CC(CN2C(=O)C3(CC3)N=C2c2ccc(-c3ccc4nn(CCO)cc4c3)cc2F)C1. The molecule has 3 heterocycles. The molecule has 7 rings (SSSR count). The van der Waals surface area contributed by atoms with Crippen LogP contribution in [-0.2, 0) is 16.1 Å². The van der Waals surface area contributed by atoms with Gasteiger partial charge in [-0.2, -0.15) is 5.10 Å². The van der Waals surface area contributed by atoms with Crippen LogP contribution >= 0.6 is 0 Å². The van der Waals surface area contributed by atoms with Crippen molar-refractivity contribution in [3.05, 3.63) is 54.0 Å². The molecular formula is C28H28FN5O3. The van der Waals surface area contributed by atoms with E-state index in [1.807, 2.05) is 35.4 Å². The second-order valence-electron chi connectivity index (χ2n) is 10.9. The van der Waals surface area contributed by atoms with Crippen molar-refractivity contribution in [2.45, 2.75) is 37.8 Å². The van der Waals surface area contributed by atoms with Gasteiger partial charge in [0.15, 0.2) is 0 Å². The fourth-order valence-corrected chi connectivity index (χ4v) is 5.54. The first kappa shape index (κ1) is 22.6. The fraction of sp³-hybridized carbons (Fsp3) is 0.429. The number of aromatic nitrogens is 2. The Kier molecular flexibility index (Phi) is 5.01. The van der Waals surface area contributed by atoms with Crippen LogP contribution in [0.25, 0.3) is 22.0 Å². The molecule has 8 nitrogen and oxygen atoms in total. The van der Waals surface area contributed by atoms with Crippen LogP contribution in [0.1, 0.15) is 31.2 Å². The van der Waals surface area contributed by atoms with Gasteiger partial charge in [0.05, 0.1) is 24.2 Å². The Labute approximate surface area is 213 Å². The number of nitrogens with zero attached hydrogens (tertiary/aromatic N) is 5. The Morgan fingerprint density at radius 3 is 2.57 bits per heavy atom. The zero-order valence-electron chi connectivity index (χ0n) is 20.4. The molecule has 190 valence electrons. The van der Waals surface area contributed by atoms with Gasteiger partial charge < -0.3 is 10.0 Å². The minimum absolute atomic E-state index is 0.00973. The summed E-state index contributed by atoms with van der Waals surface area (Å²) in [4.78, 5) is 33.8. The van der Waals surface area contributed by atoms with Gasteiger partial charge in [0.25, 0.3) is 5.91 Å². The van der Waals surface area contributed by atoms with Crippen LogP contribution in [0, 0.1) is 17.7 Å². The number of likely N-dealkylation sites (tertiary alicyclic amines) is 1. The van der Waals surface area contributed by atoms with Crippen molar-refractivity contribution >= 4 is 28.6 Å². The van der Waals surface area contributed by atoms with Crippen molar-refractivity contribution in [1.29, 1.82) is 0 Å². The molecule has 2 aliphatic heterocycles. The monoisotopic (exact) mass is 501 g/mol. The van der Waals surface area contributed by atoms with E-state index >= 15 is 4.39 Å². The summed E-state index contributed by atoms with van der Waals surface area (Å²) in [5.74, 6) is 0.583. The summed E-state index contributed by atoms with van der Waals surface area (Å²) in [6, 6.07) is 10.8. The zero-order chi connectivity index (χ0) is 25.3. The Morgan fingerprint density at radius 1 is 1.11 bits per heavy atom. The van der Waals surface area contributed by atoms with Crippen LogP contribution in [0.2, 0.25) is 0 Å². The first-order valence-corrected chi connectivity index (χ1v) is 13.0. The highest BCUT2D eigenvalue weighted by molar-refractivity contribution is 6.16. The summed E-state index contributed by atoms with van der Waals surface area (Å²) in [6.45, 7) is 2.19. The minimum Gasteiger partial charge on any atom is -0.394 e. The van der Waals surface area contributed by atoms with Crippen molar-refractivity contribution in [3.8, 4) is 11.1 Å². The molecule has 37 heavy (non-hydrogen) atoms. The number of benzene rings is 2. The molecule has 2 aromatic carbocycles. The molecule has 1 spiro atoms. The van der Waals surface area contributed by atoms with Crippen molar-refractivity contribution < 1.29 is 19.1 Å². The molecule has 1 saturated heterocycles. The molecule has 2 saturated carbocycles. The number of hydrogen-bond donors (Lipinski definition) is 1. The summed E-state index contributed by atoms with van der Waals surface area (Å²) in [6.07, 6.45) is 5.24. The van der Waals surface area contributed by atoms with Crippen LogP contribution in [0.4, 0.5) is 4.39 Å². The molecule has 3 fully saturated rings. The summed E-state index contributed by atoms with van der Waals surface area (Å²) >= 11 is 0. The normalized spacial score (nSPS) is 20.6. The third-order valence-electron chi connectivity index (χ3n) is 8.00. The molecule has 0 atom stereocenters. The van der Waals surface area contributed by atoms with Crippen molar-refractivity contribution in [3.63, 3.8) is 0 Å². The molecule has 0 radical (unpaired) electrons. The maximum atomic E-state index is 15.6. The lowest BCUT2D eigenvalue weighted by molar-refractivity contribution is -0.139. The van der Waals surface area contributed by atoms with Gasteiger partial charge in [-0.25, -0.2) is 4.39 Å². The molecule has 2 aliphatic carbocycles. The average Bonchev–Trinajstić information content (AvgIpc) is 3.78. The van der Waals surface area contributed by atoms with Crippen LogP contribution in [0.3, 0.4) is 0 Å². The number of amidine groups is 1. The molecule has 0 unspecified atom stereocenters. The van der Waals surface area contributed by atoms with Gasteiger partial charge >= 0.3 is 0 Å². The number of carbonyl (C=O) groups excluding carboxylic acids is 2. The molecule has 3 aromatic rings. The smallest absolute Gasteiger partial charge is 0.256 e. The number of aliphatic hydroxyl groups excluding tert-OH is 1. The van der Waals surface area contributed by atoms with Gasteiger partial charge in [-0.1, -0.05) is 12.1 Å². The molecular weight excluding hydrogens is 473 g/mol. The van der Waals surface area contributed by atoms with Gasteiger partial charge in [-0.05, 0) is 61.1 Å². The van der Waals surface area contributed by atoms with Gasteiger partial charge in [0.2, 0.25) is 5.91 Å². The van der Waals surface area contributed by atoms with Gasteiger partial charge in [0, 0.05) is 43.1 Å². The highest BCUT2D eigenvalue weighted by atomic mass is 19.1. The van der Waals surface area contributed by atoms with Crippen molar-refractivity contribution in [1.82, 2.24) is 19.6 Å². The molecule has 1 aromatic heterocycles. The molecule has 4 aliphatic rings. The third-order valence-corrected chi connectivity index (χ3v) is 8.00. The topological polar surface area (TPSA) is 91.0 Å². The van der Waals surface area contributed by atoms with E-state index in [4.69, 9.17) is 10.1 Å². The quantitative estimate of drug-likeness (QED) is 0.539. The highest BCUT2D eigenvalue weighted by Gasteiger charge is 2.58. The van der Waals surface area contributed by atoms with E-state index in [1.54, 1.807) is 15.6 Å². The summed E-state index contributed by atoms with van der Waals surface area (Å²) in [7, 11) is 0. The standard InChI is InChI=1S/C28H28FN5O3/c29-23-12-20(19-4-6-24-21(11-19)16-33(31-24)9-10-35)3-5-22(23)25-30-28(7-8-28)27(37)34(25)15-17-13-32(14-17)26(36)18-1-2-18/h3-6,11-12,16-18,35H,1-2,7-10,13-15H2. The van der Waals surface area contributed by atoms with E-state index in [1.165, 1.54) is 6.07 Å². The van der Waals surface area contributed by atoms with E-state index in [2.05, 4.69) is 5.10 Å². The van der Waals surface area contributed by atoms with Crippen LogP contribution in [0.5, 0.6) is 0 Å². The largest absolute Gasteiger partial charge is 0.394 e. The Bertz CT molecular complexity index is 1470. The van der Waals surface area contributed by atoms with Crippen molar-refractivity contribution in [2.24, 2.45) is 16.8 Å². The summed E-state index contributed by atoms with van der Waals surface area (Å²) in [5.41, 5.74) is 2.02. The number of aliphatic hydroxyl groups is 1. The first-order chi connectivity index (χ1) is 17.9. The average molecular weight is 502 g/mol. The molecule has 0 bridgehead atoms. The van der Waals surface area contributed by atoms with E-state index in [0.29, 0.717) is 50.4 Å². The summed E-state index contributed by atoms with van der Waals surface area (Å²) < 4.78 is 17.3. The number of fused-ring (bicyclic) bond motifs is 1. The predicted molar refractivity (Wildman–Crippen MR) is 135 cm³/mol. The van der Waals surface area contributed by atoms with E-state index in [-0.39, 0.29) is 30.3 Å². The number of amides is 2.